The summed E-state index contributed by atoms with van der Waals surface area (Å²) in [6.45, 7) is 0. The van der Waals surface area contributed by atoms with Gasteiger partial charge in [0.15, 0.2) is 0 Å². The molecule has 4 rings (SSSR count). The molecule has 7 nitrogen and oxygen atoms in total. The van der Waals surface area contributed by atoms with Crippen molar-refractivity contribution in [3.05, 3.63) is 84.6 Å². The Bertz CT molecular complexity index is 1270. The molecule has 0 unspecified atom stereocenters. The van der Waals surface area contributed by atoms with Crippen molar-refractivity contribution >= 4 is 27.6 Å². The normalized spacial score (nSPS) is 11.9. The Morgan fingerprint density at radius 3 is 2.39 bits per heavy atom. The van der Waals surface area contributed by atoms with Crippen molar-refractivity contribution in [3.8, 4) is 17.2 Å². The second kappa shape index (κ2) is 9.58. The van der Waals surface area contributed by atoms with Gasteiger partial charge < -0.3 is 14.2 Å². The van der Waals surface area contributed by atoms with Gasteiger partial charge in [0, 0.05) is 24.1 Å². The summed E-state index contributed by atoms with van der Waals surface area (Å²) in [7, 11) is -0.533. The van der Waals surface area contributed by atoms with Crippen LogP contribution in [0.3, 0.4) is 0 Å². The quantitative estimate of drug-likeness (QED) is 0.303. The van der Waals surface area contributed by atoms with E-state index in [9.17, 15) is 13.9 Å². The Balaban J connectivity index is 1.74. The average molecular weight is 468 g/mol. The molecule has 0 fully saturated rings. The number of fused-ring (bicyclic) bond motifs is 1. The standard InChI is InChI=1S/C25H25NO6S/c1-30-20-12-13-24-23(16-20)18(11-14-25(27)31-2)17-26(24)33(28,29)22-10-6-9-21(15-22)32-19-7-4-3-5-8-19/h3-10,12-13,15-17,28-29H,11,14H2,1-2H3. The van der Waals surface area contributed by atoms with E-state index in [1.54, 1.807) is 49.7 Å². The van der Waals surface area contributed by atoms with Crippen LogP contribution < -0.4 is 9.47 Å². The number of carbonyl (C=O) groups excluding carboxylic acids is 1. The van der Waals surface area contributed by atoms with Crippen LogP contribution in [0, 0.1) is 0 Å². The van der Waals surface area contributed by atoms with Gasteiger partial charge in [-0.15, -0.1) is 0 Å². The number of aryl methyl sites for hydroxylation is 1. The van der Waals surface area contributed by atoms with Crippen molar-refractivity contribution < 1.29 is 28.1 Å². The predicted molar refractivity (Wildman–Crippen MR) is 128 cm³/mol. The average Bonchev–Trinajstić information content (AvgIpc) is 3.22. The number of hydrogen-bond acceptors (Lipinski definition) is 6. The molecule has 33 heavy (non-hydrogen) atoms. The summed E-state index contributed by atoms with van der Waals surface area (Å²) in [5.41, 5.74) is 1.40. The highest BCUT2D eigenvalue weighted by Gasteiger charge is 2.23. The number of benzene rings is 3. The van der Waals surface area contributed by atoms with Gasteiger partial charge in [-0.25, -0.2) is 3.97 Å². The summed E-state index contributed by atoms with van der Waals surface area (Å²) in [4.78, 5) is 12.0. The zero-order chi connectivity index (χ0) is 23.4. The fourth-order valence-corrected chi connectivity index (χ4v) is 5.04. The van der Waals surface area contributed by atoms with Gasteiger partial charge in [-0.2, -0.15) is 0 Å². The molecule has 0 atom stereocenters. The summed E-state index contributed by atoms with van der Waals surface area (Å²) in [5.74, 6) is 1.43. The Morgan fingerprint density at radius 2 is 1.67 bits per heavy atom. The molecule has 3 aromatic carbocycles. The van der Waals surface area contributed by atoms with Crippen molar-refractivity contribution in [2.45, 2.75) is 17.7 Å². The lowest BCUT2D eigenvalue weighted by Crippen LogP contribution is -2.08. The van der Waals surface area contributed by atoms with Crippen molar-refractivity contribution in [2.75, 3.05) is 14.2 Å². The highest BCUT2D eigenvalue weighted by Crippen LogP contribution is 2.53. The van der Waals surface area contributed by atoms with E-state index in [2.05, 4.69) is 0 Å². The first-order valence-electron chi connectivity index (χ1n) is 10.3. The molecule has 0 aliphatic rings. The number of nitrogens with zero attached hydrogens (tertiary/aromatic N) is 1. The first-order chi connectivity index (χ1) is 15.9. The van der Waals surface area contributed by atoms with Crippen LogP contribution in [-0.4, -0.2) is 33.3 Å². The zero-order valence-electron chi connectivity index (χ0n) is 18.3. The molecule has 0 aliphatic carbocycles. The number of carbonyl (C=O) groups is 1. The van der Waals surface area contributed by atoms with Gasteiger partial charge in [0.25, 0.3) is 0 Å². The third-order valence-corrected chi connectivity index (χ3v) is 7.00. The van der Waals surface area contributed by atoms with Crippen LogP contribution in [0.4, 0.5) is 0 Å². The van der Waals surface area contributed by atoms with Crippen LogP contribution in [0.15, 0.2) is 83.9 Å². The number of hydrogen-bond donors (Lipinski definition) is 2. The summed E-state index contributed by atoms with van der Waals surface area (Å²) in [6, 6.07) is 21.4. The minimum atomic E-state index is -3.44. The first kappa shape index (κ1) is 22.7. The third-order valence-electron chi connectivity index (χ3n) is 5.26. The van der Waals surface area contributed by atoms with Gasteiger partial charge in [-0.1, -0.05) is 35.0 Å². The fourth-order valence-electron chi connectivity index (χ4n) is 3.57. The van der Waals surface area contributed by atoms with Gasteiger partial charge in [-0.05, 0) is 54.4 Å². The van der Waals surface area contributed by atoms with Crippen molar-refractivity contribution in [2.24, 2.45) is 0 Å². The maximum atomic E-state index is 11.7. The molecule has 0 saturated carbocycles. The van der Waals surface area contributed by atoms with Crippen LogP contribution in [0.2, 0.25) is 0 Å². The van der Waals surface area contributed by atoms with E-state index in [0.717, 1.165) is 10.9 Å². The van der Waals surface area contributed by atoms with Crippen molar-refractivity contribution in [1.82, 2.24) is 3.97 Å². The van der Waals surface area contributed by atoms with Gasteiger partial charge in [0.2, 0.25) is 0 Å². The molecule has 2 N–H and O–H groups in total. The van der Waals surface area contributed by atoms with Gasteiger partial charge in [0.05, 0.1) is 24.6 Å². The second-order valence-electron chi connectivity index (χ2n) is 7.35. The van der Waals surface area contributed by atoms with Crippen LogP contribution in [0.5, 0.6) is 17.2 Å². The second-order valence-corrected chi connectivity index (χ2v) is 9.25. The number of aromatic nitrogens is 1. The van der Waals surface area contributed by atoms with Crippen molar-refractivity contribution in [1.29, 1.82) is 0 Å². The summed E-state index contributed by atoms with van der Waals surface area (Å²) in [6.07, 6.45) is 2.23. The molecule has 0 aliphatic heterocycles. The van der Waals surface area contributed by atoms with Gasteiger partial charge in [0.1, 0.15) is 17.2 Å². The molecule has 4 aromatic rings. The molecule has 0 amide bonds. The van der Waals surface area contributed by atoms with Gasteiger partial charge in [-0.3, -0.25) is 13.9 Å². The molecule has 0 bridgehead atoms. The number of esters is 1. The monoisotopic (exact) mass is 467 g/mol. The van der Waals surface area contributed by atoms with E-state index >= 15 is 0 Å². The lowest BCUT2D eigenvalue weighted by atomic mass is 10.1. The van der Waals surface area contributed by atoms with Gasteiger partial charge >= 0.3 is 5.97 Å². The first-order valence-corrected chi connectivity index (χ1v) is 11.8. The van der Waals surface area contributed by atoms with E-state index in [1.165, 1.54) is 11.1 Å². The topological polar surface area (TPSA) is 90.2 Å². The highest BCUT2D eigenvalue weighted by atomic mass is 32.3. The third kappa shape index (κ3) is 4.83. The molecule has 1 aromatic heterocycles. The van der Waals surface area contributed by atoms with E-state index in [1.807, 2.05) is 36.4 Å². The maximum absolute atomic E-state index is 11.7. The molecular formula is C25H25NO6S. The zero-order valence-corrected chi connectivity index (χ0v) is 19.1. The van der Waals surface area contributed by atoms with Crippen LogP contribution >= 0.6 is 10.8 Å². The Morgan fingerprint density at radius 1 is 0.909 bits per heavy atom. The molecular weight excluding hydrogens is 442 g/mol. The van der Waals surface area contributed by atoms with Crippen LogP contribution in [0.25, 0.3) is 10.9 Å². The molecule has 0 radical (unpaired) electrons. The maximum Gasteiger partial charge on any atom is 0.305 e. The molecule has 0 saturated heterocycles. The van der Waals surface area contributed by atoms with Crippen LogP contribution in [0.1, 0.15) is 12.0 Å². The fraction of sp³-hybridized carbons (Fsp3) is 0.160. The highest BCUT2D eigenvalue weighted by molar-refractivity contribution is 8.23. The van der Waals surface area contributed by atoms with Crippen LogP contribution in [-0.2, 0) is 16.0 Å². The summed E-state index contributed by atoms with van der Waals surface area (Å²) >= 11 is 0. The minimum absolute atomic E-state index is 0.173. The lowest BCUT2D eigenvalue weighted by Gasteiger charge is -2.34. The predicted octanol–water partition coefficient (Wildman–Crippen LogP) is 6.12. The minimum Gasteiger partial charge on any atom is -0.497 e. The smallest absolute Gasteiger partial charge is 0.305 e. The van der Waals surface area contributed by atoms with E-state index < -0.39 is 10.8 Å². The summed E-state index contributed by atoms with van der Waals surface area (Å²) in [5, 5.41) is 0.773. The van der Waals surface area contributed by atoms with Crippen molar-refractivity contribution in [3.63, 3.8) is 0 Å². The molecule has 8 heteroatoms. The largest absolute Gasteiger partial charge is 0.497 e. The number of methoxy groups -OCH3 is 2. The Kier molecular flexibility index (Phi) is 6.60. The number of rotatable bonds is 8. The van der Waals surface area contributed by atoms with E-state index in [0.29, 0.717) is 34.1 Å². The number of para-hydroxylation sites is 1. The van der Waals surface area contributed by atoms with E-state index in [-0.39, 0.29) is 12.4 Å². The summed E-state index contributed by atoms with van der Waals surface area (Å²) < 4.78 is 40.1. The molecule has 0 spiro atoms. The molecule has 1 heterocycles. The Hall–Kier alpha value is -3.46. The number of ether oxygens (including phenoxy) is 3. The van der Waals surface area contributed by atoms with E-state index in [4.69, 9.17) is 14.2 Å². The molecule has 172 valence electrons. The Labute approximate surface area is 193 Å². The lowest BCUT2D eigenvalue weighted by molar-refractivity contribution is -0.140. The SMILES string of the molecule is COC(=O)CCc1cn(S(O)(O)c2cccc(Oc3ccccc3)c2)c2ccc(OC)cc12.